The van der Waals surface area contributed by atoms with E-state index >= 15 is 0 Å². The molecule has 1 unspecified atom stereocenters. The first-order chi connectivity index (χ1) is 13.1. The van der Waals surface area contributed by atoms with Gasteiger partial charge in [-0.05, 0) is 43.2 Å². The zero-order valence-corrected chi connectivity index (χ0v) is 16.6. The fourth-order valence-electron chi connectivity index (χ4n) is 3.09. The van der Waals surface area contributed by atoms with E-state index in [1.165, 1.54) is 11.8 Å². The Labute approximate surface area is 171 Å². The van der Waals surface area contributed by atoms with Crippen LogP contribution in [0.15, 0.2) is 47.9 Å². The Bertz CT molecular complexity index is 977. The predicted molar refractivity (Wildman–Crippen MR) is 108 cm³/mol. The summed E-state index contributed by atoms with van der Waals surface area (Å²) in [4.78, 5) is 16.4. The van der Waals surface area contributed by atoms with Gasteiger partial charge in [-0.15, -0.1) is 10.2 Å². The van der Waals surface area contributed by atoms with E-state index in [-0.39, 0.29) is 11.0 Å². The number of nitrogens with zero attached hydrogens (tertiary/aromatic N) is 4. The third-order valence-corrected chi connectivity index (χ3v) is 6.48. The number of benzene rings is 1. The summed E-state index contributed by atoms with van der Waals surface area (Å²) in [5.41, 5.74) is 1.68. The molecule has 0 N–H and O–H groups in total. The number of hydrogen-bond acceptors (Lipinski definition) is 5. The van der Waals surface area contributed by atoms with Crippen molar-refractivity contribution in [1.82, 2.24) is 19.7 Å². The van der Waals surface area contributed by atoms with E-state index in [1.54, 1.807) is 24.5 Å². The Morgan fingerprint density at radius 1 is 1.04 bits per heavy atom. The summed E-state index contributed by atoms with van der Waals surface area (Å²) in [5, 5.41) is 10.3. The van der Waals surface area contributed by atoms with Crippen LogP contribution in [0.2, 0.25) is 10.0 Å². The molecule has 8 heteroatoms. The Morgan fingerprint density at radius 2 is 1.85 bits per heavy atom. The first-order valence-electron chi connectivity index (χ1n) is 8.64. The highest BCUT2D eigenvalue weighted by Crippen LogP contribution is 2.35. The molecular weight excluding hydrogens is 403 g/mol. The molecule has 2 heterocycles. The Balaban J connectivity index is 1.80. The fourth-order valence-corrected chi connectivity index (χ4v) is 4.56. The summed E-state index contributed by atoms with van der Waals surface area (Å²) in [6.07, 6.45) is 6.94. The van der Waals surface area contributed by atoms with Crippen molar-refractivity contribution in [3.8, 4) is 17.1 Å². The van der Waals surface area contributed by atoms with Crippen molar-refractivity contribution in [1.29, 1.82) is 0 Å². The molecule has 1 aromatic carbocycles. The molecule has 1 atom stereocenters. The van der Waals surface area contributed by atoms with Gasteiger partial charge in [0.25, 0.3) is 0 Å². The van der Waals surface area contributed by atoms with E-state index in [2.05, 4.69) is 15.2 Å². The van der Waals surface area contributed by atoms with Gasteiger partial charge in [0, 0.05) is 24.4 Å². The lowest BCUT2D eigenvalue weighted by molar-refractivity contribution is -0.119. The average Bonchev–Trinajstić information content (AvgIpc) is 3.10. The van der Waals surface area contributed by atoms with Crippen molar-refractivity contribution in [2.45, 2.75) is 36.1 Å². The molecule has 0 amide bonds. The zero-order valence-electron chi connectivity index (χ0n) is 14.3. The zero-order chi connectivity index (χ0) is 18.8. The van der Waals surface area contributed by atoms with Crippen LogP contribution in [0.4, 0.5) is 0 Å². The monoisotopic (exact) mass is 418 g/mol. The number of thioether (sulfide) groups is 1. The van der Waals surface area contributed by atoms with Gasteiger partial charge < -0.3 is 0 Å². The lowest BCUT2D eigenvalue weighted by Crippen LogP contribution is -2.21. The molecule has 2 aromatic heterocycles. The van der Waals surface area contributed by atoms with E-state index in [0.717, 1.165) is 30.5 Å². The summed E-state index contributed by atoms with van der Waals surface area (Å²) in [7, 11) is 0. The number of halogens is 2. The van der Waals surface area contributed by atoms with Crippen LogP contribution < -0.4 is 0 Å². The predicted octanol–water partition coefficient (Wildman–Crippen LogP) is 5.24. The highest BCUT2D eigenvalue weighted by molar-refractivity contribution is 8.00. The summed E-state index contributed by atoms with van der Waals surface area (Å²) in [6, 6.07) is 9.14. The second-order valence-corrected chi connectivity index (χ2v) is 8.28. The molecule has 1 aliphatic rings. The van der Waals surface area contributed by atoms with E-state index in [9.17, 15) is 4.79 Å². The number of Topliss-reactive ketones (excluding diaryl/α,β-unsaturated/α-hetero) is 1. The number of carbonyl (C=O) groups excluding carboxylic acids is 1. The molecule has 138 valence electrons. The second-order valence-electron chi connectivity index (χ2n) is 6.29. The Kier molecular flexibility index (Phi) is 5.48. The van der Waals surface area contributed by atoms with Gasteiger partial charge in [0.1, 0.15) is 5.78 Å². The molecule has 5 nitrogen and oxygen atoms in total. The fraction of sp³-hybridized carbons (Fsp3) is 0.263. The Morgan fingerprint density at radius 3 is 2.59 bits per heavy atom. The molecule has 0 aliphatic heterocycles. The maximum atomic E-state index is 12.3. The minimum Gasteiger partial charge on any atom is -0.298 e. The summed E-state index contributed by atoms with van der Waals surface area (Å²) in [5.74, 6) is 0.946. The topological polar surface area (TPSA) is 60.7 Å². The van der Waals surface area contributed by atoms with E-state index in [1.807, 2.05) is 22.8 Å². The molecule has 0 bridgehead atoms. The van der Waals surface area contributed by atoms with Gasteiger partial charge in [-0.2, -0.15) is 0 Å². The van der Waals surface area contributed by atoms with Crippen molar-refractivity contribution in [3.63, 3.8) is 0 Å². The molecule has 1 aliphatic carbocycles. The number of pyridine rings is 1. The Hall–Kier alpha value is -1.89. The minimum absolute atomic E-state index is 0.0882. The van der Waals surface area contributed by atoms with Gasteiger partial charge in [-0.3, -0.25) is 14.3 Å². The highest BCUT2D eigenvalue weighted by atomic mass is 35.5. The molecule has 0 radical (unpaired) electrons. The van der Waals surface area contributed by atoms with Crippen LogP contribution in [0, 0.1) is 0 Å². The van der Waals surface area contributed by atoms with Crippen LogP contribution in [0.5, 0.6) is 0 Å². The van der Waals surface area contributed by atoms with Crippen LogP contribution in [-0.4, -0.2) is 30.8 Å². The number of carbonyl (C=O) groups is 1. The quantitative estimate of drug-likeness (QED) is 0.579. The van der Waals surface area contributed by atoms with Gasteiger partial charge >= 0.3 is 0 Å². The molecule has 3 aromatic rings. The first-order valence-corrected chi connectivity index (χ1v) is 10.3. The second kappa shape index (κ2) is 8.00. The van der Waals surface area contributed by atoms with Gasteiger partial charge in [0.15, 0.2) is 11.0 Å². The van der Waals surface area contributed by atoms with E-state index < -0.39 is 0 Å². The highest BCUT2D eigenvalue weighted by Gasteiger charge is 2.27. The normalized spacial score (nSPS) is 17.3. The number of aromatic nitrogens is 4. The lowest BCUT2D eigenvalue weighted by Gasteiger charge is -2.20. The van der Waals surface area contributed by atoms with Crippen LogP contribution in [0.1, 0.15) is 25.7 Å². The molecule has 1 saturated carbocycles. The van der Waals surface area contributed by atoms with E-state index in [4.69, 9.17) is 23.2 Å². The van der Waals surface area contributed by atoms with Gasteiger partial charge in [-0.25, -0.2) is 0 Å². The summed E-state index contributed by atoms with van der Waals surface area (Å²) >= 11 is 13.8. The maximum Gasteiger partial charge on any atom is 0.196 e. The van der Waals surface area contributed by atoms with Gasteiger partial charge in [0.2, 0.25) is 0 Å². The summed E-state index contributed by atoms with van der Waals surface area (Å²) in [6.45, 7) is 0. The van der Waals surface area contributed by atoms with E-state index in [0.29, 0.717) is 27.4 Å². The summed E-state index contributed by atoms with van der Waals surface area (Å²) < 4.78 is 1.92. The number of rotatable bonds is 4. The smallest absolute Gasteiger partial charge is 0.196 e. The van der Waals surface area contributed by atoms with Gasteiger partial charge in [0.05, 0.1) is 21.0 Å². The van der Waals surface area contributed by atoms with Crippen molar-refractivity contribution >= 4 is 40.7 Å². The molecule has 1 fully saturated rings. The van der Waals surface area contributed by atoms with Crippen LogP contribution in [-0.2, 0) is 4.79 Å². The standard InChI is InChI=1S/C19H16Cl2N4OS/c20-14-6-5-13(11-15(14)21)25-18(12-7-9-22-10-8-12)23-24-19(25)27-17-4-2-1-3-16(17)26/h5-11,17H,1-4H2. The van der Waals surface area contributed by atoms with Gasteiger partial charge in [-0.1, -0.05) is 41.4 Å². The van der Waals surface area contributed by atoms with Crippen molar-refractivity contribution < 1.29 is 4.79 Å². The largest absolute Gasteiger partial charge is 0.298 e. The van der Waals surface area contributed by atoms with Crippen molar-refractivity contribution in [2.24, 2.45) is 0 Å². The minimum atomic E-state index is -0.0882. The third-order valence-electron chi connectivity index (χ3n) is 4.48. The molecule has 0 spiro atoms. The van der Waals surface area contributed by atoms with Crippen molar-refractivity contribution in [3.05, 3.63) is 52.8 Å². The molecular formula is C19H16Cl2N4OS. The van der Waals surface area contributed by atoms with Crippen molar-refractivity contribution in [2.75, 3.05) is 0 Å². The number of ketones is 1. The first kappa shape index (κ1) is 18.5. The molecule has 4 rings (SSSR count). The van der Waals surface area contributed by atoms with Crippen LogP contribution in [0.3, 0.4) is 0 Å². The van der Waals surface area contributed by atoms with Crippen LogP contribution >= 0.6 is 35.0 Å². The maximum absolute atomic E-state index is 12.3. The average molecular weight is 419 g/mol. The van der Waals surface area contributed by atoms with Crippen LogP contribution in [0.25, 0.3) is 17.1 Å². The SMILES string of the molecule is O=C1CCCCC1Sc1nnc(-c2ccncc2)n1-c1ccc(Cl)c(Cl)c1. The molecule has 27 heavy (non-hydrogen) atoms. The lowest BCUT2D eigenvalue weighted by atomic mass is 9.99. The third kappa shape index (κ3) is 3.88. The number of hydrogen-bond donors (Lipinski definition) is 0. The molecule has 0 saturated heterocycles.